The fourth-order valence-electron chi connectivity index (χ4n) is 2.96. The molecule has 2 heterocycles. The van der Waals surface area contributed by atoms with Gasteiger partial charge in [0.15, 0.2) is 0 Å². The summed E-state index contributed by atoms with van der Waals surface area (Å²) in [6.07, 6.45) is 1.82. The fraction of sp³-hybridized carbons (Fsp3) is 0.625. The number of hydrogen-bond donors (Lipinski definition) is 2. The highest BCUT2D eigenvalue weighted by Crippen LogP contribution is 2.19. The molecule has 0 radical (unpaired) electrons. The van der Waals surface area contributed by atoms with Crippen molar-refractivity contribution in [1.29, 1.82) is 0 Å². The van der Waals surface area contributed by atoms with Gasteiger partial charge in [0, 0.05) is 20.1 Å². The molecule has 1 atom stereocenters. The summed E-state index contributed by atoms with van der Waals surface area (Å²) in [6, 6.07) is 5.12. The lowest BCUT2D eigenvalue weighted by atomic mass is 9.96. The summed E-state index contributed by atoms with van der Waals surface area (Å²) in [6.45, 7) is 5.24. The number of aliphatic hydroxyl groups is 1. The molecule has 0 bridgehead atoms. The molecule has 1 amide bonds. The predicted octanol–water partition coefficient (Wildman–Crippen LogP) is 1.67. The second-order valence-electron chi connectivity index (χ2n) is 6.23. The number of pyridine rings is 1. The van der Waals surface area contributed by atoms with Crippen molar-refractivity contribution in [3.05, 3.63) is 23.9 Å². The van der Waals surface area contributed by atoms with Crippen molar-refractivity contribution >= 4 is 36.5 Å². The van der Waals surface area contributed by atoms with Crippen LogP contribution in [-0.4, -0.2) is 65.1 Å². The first-order chi connectivity index (χ1) is 10.5. The van der Waals surface area contributed by atoms with E-state index in [-0.39, 0.29) is 36.8 Å². The molecule has 138 valence electrons. The highest BCUT2D eigenvalue weighted by atomic mass is 35.5. The Morgan fingerprint density at radius 1 is 1.42 bits per heavy atom. The number of carbonyl (C=O) groups is 1. The first kappa shape index (κ1) is 22.9. The monoisotopic (exact) mass is 378 g/mol. The maximum absolute atomic E-state index is 12.3. The molecule has 0 saturated carbocycles. The van der Waals surface area contributed by atoms with Crippen LogP contribution in [0.15, 0.2) is 18.2 Å². The van der Waals surface area contributed by atoms with Gasteiger partial charge >= 0.3 is 0 Å². The van der Waals surface area contributed by atoms with Crippen LogP contribution in [0.5, 0.6) is 0 Å². The van der Waals surface area contributed by atoms with E-state index in [2.05, 4.69) is 9.88 Å². The Kier molecular flexibility index (Phi) is 10.2. The van der Waals surface area contributed by atoms with E-state index in [0.717, 1.165) is 39.0 Å². The number of β-amino-alcohol motifs (C(OH)–C–C–N with tert-alkyl or cyclic N) is 1. The number of rotatable bonds is 5. The third kappa shape index (κ3) is 6.81. The number of anilines is 1. The maximum atomic E-state index is 12.3. The number of amides is 1. The van der Waals surface area contributed by atoms with Gasteiger partial charge in [-0.1, -0.05) is 6.07 Å². The Balaban J connectivity index is 0.00000264. The van der Waals surface area contributed by atoms with Crippen LogP contribution in [0.3, 0.4) is 0 Å². The van der Waals surface area contributed by atoms with Gasteiger partial charge in [0.25, 0.3) is 5.91 Å². The number of nitrogen functional groups attached to an aromatic ring is 1. The number of likely N-dealkylation sites (tertiary alicyclic amines) is 1. The van der Waals surface area contributed by atoms with Crippen LogP contribution < -0.4 is 5.73 Å². The second-order valence-corrected chi connectivity index (χ2v) is 6.23. The van der Waals surface area contributed by atoms with Crippen LogP contribution in [0.4, 0.5) is 5.82 Å². The van der Waals surface area contributed by atoms with Crippen molar-refractivity contribution in [1.82, 2.24) is 14.8 Å². The van der Waals surface area contributed by atoms with Gasteiger partial charge in [0.2, 0.25) is 0 Å². The largest absolute Gasteiger partial charge is 0.392 e. The van der Waals surface area contributed by atoms with E-state index < -0.39 is 0 Å². The predicted molar refractivity (Wildman–Crippen MR) is 101 cm³/mol. The minimum Gasteiger partial charge on any atom is -0.392 e. The lowest BCUT2D eigenvalue weighted by Gasteiger charge is -2.34. The summed E-state index contributed by atoms with van der Waals surface area (Å²) < 4.78 is 0. The fourth-order valence-corrected chi connectivity index (χ4v) is 2.96. The summed E-state index contributed by atoms with van der Waals surface area (Å²) in [5, 5.41) is 9.43. The van der Waals surface area contributed by atoms with Crippen LogP contribution in [0.1, 0.15) is 30.3 Å². The quantitative estimate of drug-likeness (QED) is 0.813. The summed E-state index contributed by atoms with van der Waals surface area (Å²) in [5.41, 5.74) is 6.03. The van der Waals surface area contributed by atoms with Crippen molar-refractivity contribution in [2.75, 3.05) is 39.0 Å². The van der Waals surface area contributed by atoms with Crippen LogP contribution >= 0.6 is 24.8 Å². The first-order valence-electron chi connectivity index (χ1n) is 7.84. The van der Waals surface area contributed by atoms with Crippen molar-refractivity contribution < 1.29 is 9.90 Å². The molecule has 8 heteroatoms. The van der Waals surface area contributed by atoms with Crippen LogP contribution in [0.25, 0.3) is 0 Å². The molecular formula is C16H28Cl2N4O2. The van der Waals surface area contributed by atoms with Gasteiger partial charge in [-0.05, 0) is 50.9 Å². The summed E-state index contributed by atoms with van der Waals surface area (Å²) >= 11 is 0. The van der Waals surface area contributed by atoms with Gasteiger partial charge in [0.05, 0.1) is 6.10 Å². The van der Waals surface area contributed by atoms with E-state index in [1.54, 1.807) is 23.1 Å². The molecule has 6 nitrogen and oxygen atoms in total. The molecule has 24 heavy (non-hydrogen) atoms. The Hall–Kier alpha value is -1.08. The number of carbonyl (C=O) groups excluding carboxylic acids is 1. The van der Waals surface area contributed by atoms with Gasteiger partial charge in [-0.3, -0.25) is 4.79 Å². The lowest BCUT2D eigenvalue weighted by Crippen LogP contribution is -2.41. The topological polar surface area (TPSA) is 82.7 Å². The molecule has 2 rings (SSSR count). The third-order valence-electron chi connectivity index (χ3n) is 4.10. The van der Waals surface area contributed by atoms with Crippen LogP contribution in [-0.2, 0) is 0 Å². The number of aliphatic hydroxyl groups excluding tert-OH is 1. The molecule has 0 aliphatic carbocycles. The minimum atomic E-state index is -0.282. The normalized spacial score (nSPS) is 16.6. The Labute approximate surface area is 156 Å². The summed E-state index contributed by atoms with van der Waals surface area (Å²) in [5.74, 6) is 0.782. The van der Waals surface area contributed by atoms with E-state index in [1.165, 1.54) is 0 Å². The molecule has 0 spiro atoms. The summed E-state index contributed by atoms with van der Waals surface area (Å²) in [4.78, 5) is 20.4. The SMILES string of the molecule is CC(O)CN1CCC(CN(C)C(=O)c2cccc(N)n2)CC1.Cl.Cl. The highest BCUT2D eigenvalue weighted by Gasteiger charge is 2.23. The average molecular weight is 379 g/mol. The third-order valence-corrected chi connectivity index (χ3v) is 4.10. The molecule has 1 aliphatic rings. The zero-order valence-corrected chi connectivity index (χ0v) is 15.9. The standard InChI is InChI=1S/C16H26N4O2.2ClH/c1-12(21)10-20-8-6-13(7-9-20)11-19(2)16(22)14-4-3-5-15(17)18-14;;/h3-5,12-13,21H,6-11H2,1-2H3,(H2,17,18);2*1H. The lowest BCUT2D eigenvalue weighted by molar-refractivity contribution is 0.0698. The Morgan fingerprint density at radius 2 is 2.04 bits per heavy atom. The van der Waals surface area contributed by atoms with Gasteiger partial charge in [-0.2, -0.15) is 0 Å². The van der Waals surface area contributed by atoms with Crippen molar-refractivity contribution in [3.8, 4) is 0 Å². The molecule has 1 unspecified atom stereocenters. The smallest absolute Gasteiger partial charge is 0.272 e. The van der Waals surface area contributed by atoms with E-state index in [4.69, 9.17) is 5.73 Å². The Morgan fingerprint density at radius 3 is 2.58 bits per heavy atom. The molecule has 1 aliphatic heterocycles. The van der Waals surface area contributed by atoms with Crippen LogP contribution in [0.2, 0.25) is 0 Å². The minimum absolute atomic E-state index is 0. The number of nitrogens with two attached hydrogens (primary N) is 1. The van der Waals surface area contributed by atoms with Gasteiger partial charge < -0.3 is 20.6 Å². The van der Waals surface area contributed by atoms with Crippen LogP contribution in [0, 0.1) is 5.92 Å². The zero-order valence-electron chi connectivity index (χ0n) is 14.2. The molecule has 1 fully saturated rings. The number of nitrogens with zero attached hydrogens (tertiary/aromatic N) is 3. The summed E-state index contributed by atoms with van der Waals surface area (Å²) in [7, 11) is 1.81. The molecule has 3 N–H and O–H groups in total. The number of piperidine rings is 1. The van der Waals surface area contributed by atoms with E-state index in [0.29, 0.717) is 17.4 Å². The Bertz CT molecular complexity index is 509. The average Bonchev–Trinajstić information content (AvgIpc) is 2.48. The van der Waals surface area contributed by atoms with Gasteiger partial charge in [-0.15, -0.1) is 24.8 Å². The molecular weight excluding hydrogens is 351 g/mol. The zero-order chi connectivity index (χ0) is 16.1. The highest BCUT2D eigenvalue weighted by molar-refractivity contribution is 5.92. The van der Waals surface area contributed by atoms with Crippen molar-refractivity contribution in [3.63, 3.8) is 0 Å². The van der Waals surface area contributed by atoms with E-state index in [9.17, 15) is 9.90 Å². The molecule has 1 aromatic heterocycles. The number of halogens is 2. The van der Waals surface area contributed by atoms with Crippen molar-refractivity contribution in [2.24, 2.45) is 5.92 Å². The second kappa shape index (κ2) is 10.7. The van der Waals surface area contributed by atoms with Crippen molar-refractivity contribution in [2.45, 2.75) is 25.9 Å². The molecule has 1 saturated heterocycles. The molecule has 0 aromatic carbocycles. The number of aromatic nitrogens is 1. The first-order valence-corrected chi connectivity index (χ1v) is 7.84. The van der Waals surface area contributed by atoms with E-state index >= 15 is 0 Å². The number of hydrogen-bond acceptors (Lipinski definition) is 5. The maximum Gasteiger partial charge on any atom is 0.272 e. The van der Waals surface area contributed by atoms with E-state index in [1.807, 2.05) is 14.0 Å². The van der Waals surface area contributed by atoms with Gasteiger partial charge in [0.1, 0.15) is 11.5 Å². The van der Waals surface area contributed by atoms with Gasteiger partial charge in [-0.25, -0.2) is 4.98 Å². The molecule has 1 aromatic rings.